The first-order valence-electron chi connectivity index (χ1n) is 6.69. The molecule has 0 bridgehead atoms. The third-order valence-corrected chi connectivity index (χ3v) is 3.71. The van der Waals surface area contributed by atoms with Gasteiger partial charge in [0, 0.05) is 11.1 Å². The van der Waals surface area contributed by atoms with Crippen LogP contribution in [-0.4, -0.2) is 5.97 Å². The zero-order valence-electron chi connectivity index (χ0n) is 12.3. The lowest BCUT2D eigenvalue weighted by molar-refractivity contribution is -0.128. The van der Waals surface area contributed by atoms with Crippen molar-refractivity contribution in [2.45, 2.75) is 20.8 Å². The van der Waals surface area contributed by atoms with Gasteiger partial charge in [-0.1, -0.05) is 41.4 Å². The minimum absolute atomic E-state index is 0.406. The molecular weight excluding hydrogens is 284 g/mol. The SMILES string of the molecule is Cc1ccc(/C=C/C(=O)Oc2cc(C)c(Cl)c(C)c2)cc1. The number of benzene rings is 2. The van der Waals surface area contributed by atoms with Gasteiger partial charge in [0.1, 0.15) is 5.75 Å². The second kappa shape index (κ2) is 6.59. The summed E-state index contributed by atoms with van der Waals surface area (Å²) >= 11 is 6.09. The van der Waals surface area contributed by atoms with Gasteiger partial charge in [-0.05, 0) is 55.7 Å². The topological polar surface area (TPSA) is 26.3 Å². The summed E-state index contributed by atoms with van der Waals surface area (Å²) in [5, 5.41) is 0.699. The zero-order valence-corrected chi connectivity index (χ0v) is 13.1. The summed E-state index contributed by atoms with van der Waals surface area (Å²) < 4.78 is 5.29. The molecule has 2 nitrogen and oxygen atoms in total. The number of halogens is 1. The third-order valence-electron chi connectivity index (χ3n) is 3.12. The maximum atomic E-state index is 11.8. The van der Waals surface area contributed by atoms with Crippen LogP contribution in [0.15, 0.2) is 42.5 Å². The second-order valence-electron chi connectivity index (χ2n) is 5.04. The standard InChI is InChI=1S/C18H17ClO2/c1-12-4-6-15(7-5-12)8-9-17(20)21-16-10-13(2)18(19)14(3)11-16/h4-11H,1-3H3/b9-8+. The van der Waals surface area contributed by atoms with Crippen LogP contribution < -0.4 is 4.74 Å². The van der Waals surface area contributed by atoms with E-state index in [0.29, 0.717) is 10.8 Å². The number of rotatable bonds is 3. The molecule has 3 heteroatoms. The molecular formula is C18H17ClO2. The van der Waals surface area contributed by atoms with E-state index in [1.54, 1.807) is 18.2 Å². The van der Waals surface area contributed by atoms with E-state index in [4.69, 9.17) is 16.3 Å². The molecule has 0 aliphatic heterocycles. The van der Waals surface area contributed by atoms with Gasteiger partial charge < -0.3 is 4.74 Å². The summed E-state index contributed by atoms with van der Waals surface area (Å²) in [7, 11) is 0. The first-order chi connectivity index (χ1) is 9.95. The molecule has 0 fully saturated rings. The highest BCUT2D eigenvalue weighted by Gasteiger charge is 2.06. The average Bonchev–Trinajstić information content (AvgIpc) is 2.44. The average molecular weight is 301 g/mol. The Hall–Kier alpha value is -2.06. The summed E-state index contributed by atoms with van der Waals surface area (Å²) in [6.45, 7) is 5.79. The van der Waals surface area contributed by atoms with E-state index in [0.717, 1.165) is 16.7 Å². The summed E-state index contributed by atoms with van der Waals surface area (Å²) in [5.41, 5.74) is 3.92. The van der Waals surface area contributed by atoms with Crippen molar-refractivity contribution in [3.63, 3.8) is 0 Å². The molecule has 0 aromatic heterocycles. The van der Waals surface area contributed by atoms with Gasteiger partial charge in [-0.15, -0.1) is 0 Å². The minimum Gasteiger partial charge on any atom is -0.423 e. The molecule has 0 saturated heterocycles. The van der Waals surface area contributed by atoms with Crippen LogP contribution in [0.2, 0.25) is 5.02 Å². The fourth-order valence-corrected chi connectivity index (χ4v) is 2.07. The van der Waals surface area contributed by atoms with Crippen LogP contribution in [0.1, 0.15) is 22.3 Å². The Balaban J connectivity index is 2.06. The van der Waals surface area contributed by atoms with Crippen molar-refractivity contribution in [1.29, 1.82) is 0 Å². The van der Waals surface area contributed by atoms with E-state index in [2.05, 4.69) is 0 Å². The van der Waals surface area contributed by atoms with Crippen molar-refractivity contribution >= 4 is 23.6 Å². The Morgan fingerprint density at radius 1 is 1.05 bits per heavy atom. The minimum atomic E-state index is -0.406. The first-order valence-corrected chi connectivity index (χ1v) is 7.07. The number of carbonyl (C=O) groups is 1. The van der Waals surface area contributed by atoms with Crippen LogP contribution in [0.4, 0.5) is 0 Å². The van der Waals surface area contributed by atoms with Crippen LogP contribution in [0.3, 0.4) is 0 Å². The highest BCUT2D eigenvalue weighted by Crippen LogP contribution is 2.26. The lowest BCUT2D eigenvalue weighted by Crippen LogP contribution is -2.04. The van der Waals surface area contributed by atoms with Crippen LogP contribution >= 0.6 is 11.6 Å². The molecule has 108 valence electrons. The molecule has 2 rings (SSSR count). The molecule has 21 heavy (non-hydrogen) atoms. The van der Waals surface area contributed by atoms with Crippen molar-refractivity contribution < 1.29 is 9.53 Å². The number of aryl methyl sites for hydroxylation is 3. The Kier molecular flexibility index (Phi) is 4.81. The number of hydrogen-bond donors (Lipinski definition) is 0. The largest absolute Gasteiger partial charge is 0.423 e. The van der Waals surface area contributed by atoms with Gasteiger partial charge >= 0.3 is 5.97 Å². The fraction of sp³-hybridized carbons (Fsp3) is 0.167. The van der Waals surface area contributed by atoms with Crippen LogP contribution in [0.5, 0.6) is 5.75 Å². The molecule has 2 aromatic rings. The molecule has 0 unspecified atom stereocenters. The molecule has 0 amide bonds. The highest BCUT2D eigenvalue weighted by molar-refractivity contribution is 6.32. The Bertz CT molecular complexity index is 662. The van der Waals surface area contributed by atoms with Gasteiger partial charge in [0.15, 0.2) is 0 Å². The van der Waals surface area contributed by atoms with Crippen molar-refractivity contribution in [2.75, 3.05) is 0 Å². The predicted molar refractivity (Wildman–Crippen MR) is 86.8 cm³/mol. The van der Waals surface area contributed by atoms with Crippen LogP contribution in [-0.2, 0) is 4.79 Å². The Labute approximate surface area is 130 Å². The van der Waals surface area contributed by atoms with Crippen molar-refractivity contribution in [2.24, 2.45) is 0 Å². The number of carbonyl (C=O) groups excluding carboxylic acids is 1. The monoisotopic (exact) mass is 300 g/mol. The summed E-state index contributed by atoms with van der Waals surface area (Å²) in [4.78, 5) is 11.8. The smallest absolute Gasteiger partial charge is 0.336 e. The van der Waals surface area contributed by atoms with Crippen LogP contribution in [0.25, 0.3) is 6.08 Å². The lowest BCUT2D eigenvalue weighted by Gasteiger charge is -2.07. The second-order valence-corrected chi connectivity index (χ2v) is 5.41. The zero-order chi connectivity index (χ0) is 15.4. The molecule has 0 saturated carbocycles. The molecule has 0 N–H and O–H groups in total. The van der Waals surface area contributed by atoms with Gasteiger partial charge in [0.2, 0.25) is 0 Å². The quantitative estimate of drug-likeness (QED) is 0.458. The molecule has 2 aromatic carbocycles. The molecule has 0 aliphatic rings. The van der Waals surface area contributed by atoms with Crippen molar-refractivity contribution in [3.8, 4) is 5.75 Å². The Morgan fingerprint density at radius 3 is 2.19 bits per heavy atom. The fourth-order valence-electron chi connectivity index (χ4n) is 1.96. The van der Waals surface area contributed by atoms with E-state index < -0.39 is 5.97 Å². The van der Waals surface area contributed by atoms with Gasteiger partial charge in [0.25, 0.3) is 0 Å². The van der Waals surface area contributed by atoms with E-state index in [9.17, 15) is 4.79 Å². The van der Waals surface area contributed by atoms with Gasteiger partial charge in [-0.2, -0.15) is 0 Å². The molecule has 0 heterocycles. The number of ether oxygens (including phenoxy) is 1. The number of esters is 1. The van der Waals surface area contributed by atoms with Crippen molar-refractivity contribution in [1.82, 2.24) is 0 Å². The van der Waals surface area contributed by atoms with Crippen LogP contribution in [0, 0.1) is 20.8 Å². The van der Waals surface area contributed by atoms with Gasteiger partial charge in [-0.25, -0.2) is 4.79 Å². The number of hydrogen-bond acceptors (Lipinski definition) is 2. The van der Waals surface area contributed by atoms with Crippen molar-refractivity contribution in [3.05, 3.63) is 69.8 Å². The first kappa shape index (κ1) is 15.3. The maximum Gasteiger partial charge on any atom is 0.336 e. The van der Waals surface area contributed by atoms with E-state index in [1.165, 1.54) is 11.6 Å². The molecule has 0 atom stereocenters. The molecule has 0 radical (unpaired) electrons. The van der Waals surface area contributed by atoms with Gasteiger partial charge in [-0.3, -0.25) is 0 Å². The summed E-state index contributed by atoms with van der Waals surface area (Å²) in [5.74, 6) is 0.102. The van der Waals surface area contributed by atoms with E-state index in [-0.39, 0.29) is 0 Å². The Morgan fingerprint density at radius 2 is 1.62 bits per heavy atom. The van der Waals surface area contributed by atoms with Gasteiger partial charge in [0.05, 0.1) is 0 Å². The molecule has 0 spiro atoms. The van der Waals surface area contributed by atoms with E-state index in [1.807, 2.05) is 45.0 Å². The lowest BCUT2D eigenvalue weighted by atomic mass is 10.1. The highest BCUT2D eigenvalue weighted by atomic mass is 35.5. The molecule has 0 aliphatic carbocycles. The summed E-state index contributed by atoms with van der Waals surface area (Å²) in [6.07, 6.45) is 3.15. The summed E-state index contributed by atoms with van der Waals surface area (Å²) in [6, 6.07) is 11.4. The maximum absolute atomic E-state index is 11.8. The van der Waals surface area contributed by atoms with E-state index >= 15 is 0 Å². The third kappa shape index (κ3) is 4.20. The predicted octanol–water partition coefficient (Wildman–Crippen LogP) is 4.88. The normalized spacial score (nSPS) is 10.9.